The largest absolute Gasteiger partial charge is 0.486 e. The normalized spacial score (nSPS) is 16.9. The SMILES string of the molecule is CC(C)CCNC(=O)NCC1COc2ccccc2O1. The van der Waals surface area contributed by atoms with E-state index in [1.165, 1.54) is 0 Å². The number of hydrogen-bond donors (Lipinski definition) is 2. The van der Waals surface area contributed by atoms with Crippen LogP contribution in [0.5, 0.6) is 11.5 Å². The Hall–Kier alpha value is -1.91. The van der Waals surface area contributed by atoms with Crippen LogP contribution in [0.15, 0.2) is 24.3 Å². The Morgan fingerprint density at radius 2 is 2.05 bits per heavy atom. The van der Waals surface area contributed by atoms with E-state index in [9.17, 15) is 4.79 Å². The highest BCUT2D eigenvalue weighted by molar-refractivity contribution is 5.73. The molecular formula is C15H22N2O3. The molecule has 0 saturated carbocycles. The summed E-state index contributed by atoms with van der Waals surface area (Å²) in [6.45, 7) is 5.83. The van der Waals surface area contributed by atoms with E-state index >= 15 is 0 Å². The number of carbonyl (C=O) groups is 1. The molecule has 20 heavy (non-hydrogen) atoms. The molecule has 1 aromatic rings. The van der Waals surface area contributed by atoms with Crippen LogP contribution in [0.4, 0.5) is 4.79 Å². The molecule has 2 N–H and O–H groups in total. The first-order chi connectivity index (χ1) is 9.65. The van der Waals surface area contributed by atoms with Crippen LogP contribution in [0.3, 0.4) is 0 Å². The van der Waals surface area contributed by atoms with Crippen molar-refractivity contribution in [1.82, 2.24) is 10.6 Å². The Bertz CT molecular complexity index is 448. The lowest BCUT2D eigenvalue weighted by Crippen LogP contribution is -2.44. The summed E-state index contributed by atoms with van der Waals surface area (Å²) >= 11 is 0. The second-order valence-electron chi connectivity index (χ2n) is 5.32. The smallest absolute Gasteiger partial charge is 0.314 e. The molecule has 0 aromatic heterocycles. The van der Waals surface area contributed by atoms with Gasteiger partial charge in [-0.25, -0.2) is 4.79 Å². The van der Waals surface area contributed by atoms with Gasteiger partial charge in [0.1, 0.15) is 6.61 Å². The Labute approximate surface area is 119 Å². The molecule has 0 spiro atoms. The van der Waals surface area contributed by atoms with E-state index < -0.39 is 0 Å². The molecule has 0 bridgehead atoms. The highest BCUT2D eigenvalue weighted by Crippen LogP contribution is 2.30. The van der Waals surface area contributed by atoms with Crippen molar-refractivity contribution in [3.63, 3.8) is 0 Å². The van der Waals surface area contributed by atoms with E-state index in [0.717, 1.165) is 17.9 Å². The van der Waals surface area contributed by atoms with Gasteiger partial charge in [0.2, 0.25) is 0 Å². The summed E-state index contributed by atoms with van der Waals surface area (Å²) in [6.07, 6.45) is 0.824. The van der Waals surface area contributed by atoms with Crippen LogP contribution in [0.2, 0.25) is 0 Å². The third-order valence-corrected chi connectivity index (χ3v) is 3.07. The van der Waals surface area contributed by atoms with Crippen LogP contribution in [0, 0.1) is 5.92 Å². The van der Waals surface area contributed by atoms with Crippen LogP contribution in [0.1, 0.15) is 20.3 Å². The van der Waals surface area contributed by atoms with Crippen LogP contribution in [0.25, 0.3) is 0 Å². The van der Waals surface area contributed by atoms with Gasteiger partial charge in [-0.1, -0.05) is 26.0 Å². The summed E-state index contributed by atoms with van der Waals surface area (Å²) in [5.74, 6) is 2.07. The lowest BCUT2D eigenvalue weighted by atomic mass is 10.1. The summed E-state index contributed by atoms with van der Waals surface area (Å²) in [4.78, 5) is 11.6. The first-order valence-electron chi connectivity index (χ1n) is 7.05. The first-order valence-corrected chi connectivity index (χ1v) is 7.05. The molecule has 110 valence electrons. The quantitative estimate of drug-likeness (QED) is 0.868. The number of rotatable bonds is 5. The number of para-hydroxylation sites is 2. The molecule has 1 atom stereocenters. The molecule has 5 nitrogen and oxygen atoms in total. The maximum Gasteiger partial charge on any atom is 0.314 e. The zero-order valence-corrected chi connectivity index (χ0v) is 12.0. The first kappa shape index (κ1) is 14.5. The minimum Gasteiger partial charge on any atom is -0.486 e. The number of benzene rings is 1. The van der Waals surface area contributed by atoms with E-state index in [1.54, 1.807) is 0 Å². The average molecular weight is 278 g/mol. The number of carbonyl (C=O) groups excluding carboxylic acids is 1. The van der Waals surface area contributed by atoms with Crippen molar-refractivity contribution in [3.8, 4) is 11.5 Å². The van der Waals surface area contributed by atoms with Gasteiger partial charge in [-0.3, -0.25) is 0 Å². The van der Waals surface area contributed by atoms with Crippen molar-refractivity contribution in [1.29, 1.82) is 0 Å². The molecule has 0 aliphatic carbocycles. The van der Waals surface area contributed by atoms with E-state index in [1.807, 2.05) is 24.3 Å². The van der Waals surface area contributed by atoms with Crippen molar-refractivity contribution < 1.29 is 14.3 Å². The van der Waals surface area contributed by atoms with Crippen LogP contribution < -0.4 is 20.1 Å². The Morgan fingerprint density at radius 3 is 2.80 bits per heavy atom. The van der Waals surface area contributed by atoms with Gasteiger partial charge in [-0.15, -0.1) is 0 Å². The molecule has 0 saturated heterocycles. The fourth-order valence-electron chi connectivity index (χ4n) is 1.91. The summed E-state index contributed by atoms with van der Waals surface area (Å²) in [7, 11) is 0. The number of urea groups is 1. The van der Waals surface area contributed by atoms with Crippen molar-refractivity contribution >= 4 is 6.03 Å². The van der Waals surface area contributed by atoms with Gasteiger partial charge in [0, 0.05) is 6.54 Å². The Morgan fingerprint density at radius 1 is 1.30 bits per heavy atom. The van der Waals surface area contributed by atoms with E-state index in [4.69, 9.17) is 9.47 Å². The number of fused-ring (bicyclic) bond motifs is 1. The van der Waals surface area contributed by atoms with Gasteiger partial charge in [0.15, 0.2) is 17.6 Å². The number of nitrogens with one attached hydrogen (secondary N) is 2. The Balaban J connectivity index is 1.69. The monoisotopic (exact) mass is 278 g/mol. The molecule has 0 fully saturated rings. The standard InChI is InChI=1S/C15H22N2O3/c1-11(2)7-8-16-15(18)17-9-12-10-19-13-5-3-4-6-14(13)20-12/h3-6,11-12H,7-10H2,1-2H3,(H2,16,17,18). The third-order valence-electron chi connectivity index (χ3n) is 3.07. The minimum atomic E-state index is -0.159. The molecule has 1 unspecified atom stereocenters. The second-order valence-corrected chi connectivity index (χ2v) is 5.32. The lowest BCUT2D eigenvalue weighted by molar-refractivity contribution is 0.0918. The van der Waals surface area contributed by atoms with Gasteiger partial charge in [0.05, 0.1) is 6.54 Å². The van der Waals surface area contributed by atoms with Crippen molar-refractivity contribution in [2.75, 3.05) is 19.7 Å². The topological polar surface area (TPSA) is 59.6 Å². The maximum atomic E-state index is 11.6. The van der Waals surface area contributed by atoms with Crippen molar-refractivity contribution in [3.05, 3.63) is 24.3 Å². The predicted octanol–water partition coefficient (Wildman–Crippen LogP) is 2.17. The minimum absolute atomic E-state index is 0.152. The molecule has 2 amide bonds. The number of ether oxygens (including phenoxy) is 2. The van der Waals surface area contributed by atoms with E-state index in [0.29, 0.717) is 25.6 Å². The maximum absolute atomic E-state index is 11.6. The number of hydrogen-bond acceptors (Lipinski definition) is 3. The van der Waals surface area contributed by atoms with Gasteiger partial charge in [-0.05, 0) is 24.5 Å². The summed E-state index contributed by atoms with van der Waals surface area (Å²) in [6, 6.07) is 7.38. The van der Waals surface area contributed by atoms with Gasteiger partial charge < -0.3 is 20.1 Å². The van der Waals surface area contributed by atoms with Crippen LogP contribution in [-0.4, -0.2) is 31.8 Å². The molecule has 1 heterocycles. The van der Waals surface area contributed by atoms with E-state index in [-0.39, 0.29) is 12.1 Å². The summed E-state index contributed by atoms with van der Waals surface area (Å²) in [5, 5.41) is 5.63. The third kappa shape index (κ3) is 4.33. The van der Waals surface area contributed by atoms with Crippen LogP contribution in [-0.2, 0) is 0 Å². The second kappa shape index (κ2) is 7.03. The summed E-state index contributed by atoms with van der Waals surface area (Å²) < 4.78 is 11.3. The van der Waals surface area contributed by atoms with Gasteiger partial charge in [0.25, 0.3) is 0 Å². The fraction of sp³-hybridized carbons (Fsp3) is 0.533. The molecule has 1 aliphatic rings. The highest BCUT2D eigenvalue weighted by Gasteiger charge is 2.20. The van der Waals surface area contributed by atoms with Crippen LogP contribution >= 0.6 is 0 Å². The summed E-state index contributed by atoms with van der Waals surface area (Å²) in [5.41, 5.74) is 0. The molecule has 5 heteroatoms. The molecule has 0 radical (unpaired) electrons. The van der Waals surface area contributed by atoms with Crippen molar-refractivity contribution in [2.45, 2.75) is 26.4 Å². The van der Waals surface area contributed by atoms with Gasteiger partial charge in [-0.2, -0.15) is 0 Å². The average Bonchev–Trinajstić information content (AvgIpc) is 2.44. The molecule has 1 aromatic carbocycles. The predicted molar refractivity (Wildman–Crippen MR) is 77.2 cm³/mol. The molecular weight excluding hydrogens is 256 g/mol. The zero-order valence-electron chi connectivity index (χ0n) is 12.0. The van der Waals surface area contributed by atoms with Gasteiger partial charge >= 0.3 is 6.03 Å². The van der Waals surface area contributed by atoms with Crippen molar-refractivity contribution in [2.24, 2.45) is 5.92 Å². The van der Waals surface area contributed by atoms with E-state index in [2.05, 4.69) is 24.5 Å². The molecule has 1 aliphatic heterocycles. The highest BCUT2D eigenvalue weighted by atomic mass is 16.6. The zero-order chi connectivity index (χ0) is 14.4. The molecule has 2 rings (SSSR count). The lowest BCUT2D eigenvalue weighted by Gasteiger charge is -2.26. The fourth-order valence-corrected chi connectivity index (χ4v) is 1.91. The Kier molecular flexibility index (Phi) is 5.09. The number of amides is 2.